The number of hydrogen-bond acceptors (Lipinski definition) is 4. The number of amides is 3. The Kier molecular flexibility index (Phi) is 5.03. The van der Waals surface area contributed by atoms with E-state index < -0.39 is 5.91 Å². The molecule has 0 spiro atoms. The molecule has 2 aromatic carbocycles. The molecule has 7 heteroatoms. The van der Waals surface area contributed by atoms with E-state index in [2.05, 4.69) is 5.32 Å². The lowest BCUT2D eigenvalue weighted by Gasteiger charge is -2.33. The van der Waals surface area contributed by atoms with E-state index in [1.807, 2.05) is 24.3 Å². The molecule has 7 nitrogen and oxygen atoms in total. The van der Waals surface area contributed by atoms with Gasteiger partial charge in [-0.05, 0) is 43.2 Å². The fourth-order valence-corrected chi connectivity index (χ4v) is 3.62. The summed E-state index contributed by atoms with van der Waals surface area (Å²) >= 11 is 0. The lowest BCUT2D eigenvalue weighted by molar-refractivity contribution is 0.0672. The predicted octanol–water partition coefficient (Wildman–Crippen LogP) is 2.57. The summed E-state index contributed by atoms with van der Waals surface area (Å²) in [5.41, 5.74) is 6.66. The van der Waals surface area contributed by atoms with Crippen molar-refractivity contribution in [3.8, 4) is 0 Å². The maximum atomic E-state index is 12.8. The minimum atomic E-state index is -0.575. The average molecular weight is 391 g/mol. The molecule has 1 fully saturated rings. The molecule has 1 aliphatic rings. The van der Waals surface area contributed by atoms with Gasteiger partial charge in [-0.3, -0.25) is 14.4 Å². The van der Waals surface area contributed by atoms with Crippen LogP contribution in [0.1, 0.15) is 44.1 Å². The minimum Gasteiger partial charge on any atom is -0.451 e. The molecule has 0 bridgehead atoms. The number of furan rings is 1. The van der Waals surface area contributed by atoms with Gasteiger partial charge >= 0.3 is 0 Å². The zero-order valence-electron chi connectivity index (χ0n) is 15.8. The lowest BCUT2D eigenvalue weighted by atomic mass is 10.0. The number of carbonyl (C=O) groups is 3. The summed E-state index contributed by atoms with van der Waals surface area (Å²) in [6.45, 7) is 0.988. The van der Waals surface area contributed by atoms with Gasteiger partial charge in [-0.15, -0.1) is 0 Å². The number of benzene rings is 2. The van der Waals surface area contributed by atoms with Crippen LogP contribution in [0.3, 0.4) is 0 Å². The van der Waals surface area contributed by atoms with Crippen LogP contribution in [-0.2, 0) is 0 Å². The molecule has 3 N–H and O–H groups in total. The van der Waals surface area contributed by atoms with Crippen LogP contribution < -0.4 is 11.1 Å². The monoisotopic (exact) mass is 391 g/mol. The van der Waals surface area contributed by atoms with Crippen molar-refractivity contribution in [2.45, 2.75) is 18.9 Å². The molecular weight excluding hydrogens is 370 g/mol. The fourth-order valence-electron chi connectivity index (χ4n) is 3.62. The van der Waals surface area contributed by atoms with Crippen molar-refractivity contribution in [3.05, 3.63) is 71.5 Å². The van der Waals surface area contributed by atoms with E-state index in [1.54, 1.807) is 29.2 Å². The van der Waals surface area contributed by atoms with E-state index in [1.165, 1.54) is 6.07 Å². The predicted molar refractivity (Wildman–Crippen MR) is 108 cm³/mol. The van der Waals surface area contributed by atoms with Crippen molar-refractivity contribution in [2.24, 2.45) is 5.73 Å². The van der Waals surface area contributed by atoms with E-state index >= 15 is 0 Å². The third-order valence-corrected chi connectivity index (χ3v) is 5.09. The highest BCUT2D eigenvalue weighted by Gasteiger charge is 2.27. The van der Waals surface area contributed by atoms with Crippen LogP contribution in [0.15, 0.2) is 59.0 Å². The third-order valence-electron chi connectivity index (χ3n) is 5.09. The number of hydrogen-bond donors (Lipinski definition) is 2. The van der Waals surface area contributed by atoms with Gasteiger partial charge in [0.05, 0.1) is 0 Å². The van der Waals surface area contributed by atoms with Crippen molar-refractivity contribution in [2.75, 3.05) is 13.1 Å². The minimum absolute atomic E-state index is 0.173. The van der Waals surface area contributed by atoms with Crippen LogP contribution in [0, 0.1) is 0 Å². The van der Waals surface area contributed by atoms with Gasteiger partial charge in [0, 0.05) is 35.6 Å². The first-order valence-electron chi connectivity index (χ1n) is 9.50. The molecule has 1 saturated heterocycles. The van der Waals surface area contributed by atoms with Crippen molar-refractivity contribution >= 4 is 28.7 Å². The Balaban J connectivity index is 1.44. The number of piperidine rings is 1. The number of rotatable bonds is 4. The molecule has 0 radical (unpaired) electrons. The SMILES string of the molecule is NC(=O)c1cccc(C(=O)N2CCC[C@@H](NC(=O)c3cc4ccccc4o3)C2)c1. The molecule has 2 heterocycles. The Morgan fingerprint density at radius 3 is 2.62 bits per heavy atom. The summed E-state index contributed by atoms with van der Waals surface area (Å²) in [5, 5.41) is 3.83. The Labute approximate surface area is 167 Å². The molecule has 0 aliphatic carbocycles. The molecule has 148 valence electrons. The Hall–Kier alpha value is -3.61. The Morgan fingerprint density at radius 2 is 1.83 bits per heavy atom. The molecular formula is C22H21N3O4. The number of para-hydroxylation sites is 1. The first-order chi connectivity index (χ1) is 14.0. The number of nitrogens with zero attached hydrogens (tertiary/aromatic N) is 1. The van der Waals surface area contributed by atoms with Crippen LogP contribution in [-0.4, -0.2) is 41.8 Å². The van der Waals surface area contributed by atoms with Gasteiger partial charge in [0.1, 0.15) is 5.58 Å². The quantitative estimate of drug-likeness (QED) is 0.713. The van der Waals surface area contributed by atoms with Crippen molar-refractivity contribution < 1.29 is 18.8 Å². The van der Waals surface area contributed by atoms with Crippen LogP contribution >= 0.6 is 0 Å². The number of primary amides is 1. The molecule has 0 unspecified atom stereocenters. The van der Waals surface area contributed by atoms with Gasteiger partial charge in [0.2, 0.25) is 5.91 Å². The molecule has 1 aromatic heterocycles. The zero-order valence-corrected chi connectivity index (χ0v) is 15.8. The first-order valence-corrected chi connectivity index (χ1v) is 9.50. The van der Waals surface area contributed by atoms with Crippen LogP contribution in [0.2, 0.25) is 0 Å². The van der Waals surface area contributed by atoms with Gasteiger partial charge < -0.3 is 20.4 Å². The summed E-state index contributed by atoms with van der Waals surface area (Å²) in [7, 11) is 0. The molecule has 3 amide bonds. The Bertz CT molecular complexity index is 1060. The Morgan fingerprint density at radius 1 is 1.03 bits per heavy atom. The summed E-state index contributed by atoms with van der Waals surface area (Å²) in [6, 6.07) is 15.3. The van der Waals surface area contributed by atoms with E-state index in [-0.39, 0.29) is 23.6 Å². The summed E-state index contributed by atoms with van der Waals surface area (Å²) in [6.07, 6.45) is 1.55. The van der Waals surface area contributed by atoms with Crippen molar-refractivity contribution in [3.63, 3.8) is 0 Å². The smallest absolute Gasteiger partial charge is 0.287 e. The highest BCUT2D eigenvalue weighted by molar-refractivity contribution is 5.99. The standard InChI is InChI=1S/C22H21N3O4/c23-20(26)15-6-3-7-16(11-15)22(28)25-10-4-8-17(13-25)24-21(27)19-12-14-5-1-2-9-18(14)29-19/h1-3,5-7,9,11-12,17H,4,8,10,13H2,(H2,23,26)(H,24,27)/t17-/m1/s1. The highest BCUT2D eigenvalue weighted by atomic mass is 16.3. The van der Waals surface area contributed by atoms with E-state index in [9.17, 15) is 14.4 Å². The summed E-state index contributed by atoms with van der Waals surface area (Å²) in [5.74, 6) is -0.801. The molecule has 4 rings (SSSR count). The van der Waals surface area contributed by atoms with Gasteiger partial charge in [0.15, 0.2) is 5.76 Å². The molecule has 3 aromatic rings. The van der Waals surface area contributed by atoms with Crippen molar-refractivity contribution in [1.29, 1.82) is 0 Å². The maximum Gasteiger partial charge on any atom is 0.287 e. The second kappa shape index (κ2) is 7.79. The van der Waals surface area contributed by atoms with Crippen LogP contribution in [0.25, 0.3) is 11.0 Å². The first kappa shape index (κ1) is 18.7. The number of carbonyl (C=O) groups excluding carboxylic acids is 3. The van der Waals surface area contributed by atoms with Crippen LogP contribution in [0.5, 0.6) is 0 Å². The van der Waals surface area contributed by atoms with E-state index in [0.717, 1.165) is 18.2 Å². The molecule has 1 atom stereocenters. The zero-order chi connectivity index (χ0) is 20.4. The highest BCUT2D eigenvalue weighted by Crippen LogP contribution is 2.20. The topological polar surface area (TPSA) is 106 Å². The number of fused-ring (bicyclic) bond motifs is 1. The maximum absolute atomic E-state index is 12.8. The van der Waals surface area contributed by atoms with Gasteiger partial charge in [-0.2, -0.15) is 0 Å². The fraction of sp³-hybridized carbons (Fsp3) is 0.227. The lowest BCUT2D eigenvalue weighted by Crippen LogP contribution is -2.49. The molecule has 29 heavy (non-hydrogen) atoms. The average Bonchev–Trinajstić information content (AvgIpc) is 3.18. The van der Waals surface area contributed by atoms with E-state index in [4.69, 9.17) is 10.2 Å². The summed E-state index contributed by atoms with van der Waals surface area (Å²) in [4.78, 5) is 38.5. The third kappa shape index (κ3) is 3.99. The largest absolute Gasteiger partial charge is 0.451 e. The molecule has 1 aliphatic heterocycles. The normalized spacial score (nSPS) is 16.6. The second-order valence-corrected chi connectivity index (χ2v) is 7.16. The molecule has 0 saturated carbocycles. The second-order valence-electron chi connectivity index (χ2n) is 7.16. The summed E-state index contributed by atoms with van der Waals surface area (Å²) < 4.78 is 5.61. The number of likely N-dealkylation sites (tertiary alicyclic amines) is 1. The van der Waals surface area contributed by atoms with Gasteiger partial charge in [0.25, 0.3) is 11.8 Å². The number of nitrogens with two attached hydrogens (primary N) is 1. The van der Waals surface area contributed by atoms with Gasteiger partial charge in [-0.25, -0.2) is 0 Å². The van der Waals surface area contributed by atoms with E-state index in [0.29, 0.717) is 29.8 Å². The van der Waals surface area contributed by atoms with Crippen molar-refractivity contribution in [1.82, 2.24) is 10.2 Å². The van der Waals surface area contributed by atoms with Gasteiger partial charge in [-0.1, -0.05) is 24.3 Å². The number of nitrogens with one attached hydrogen (secondary N) is 1. The van der Waals surface area contributed by atoms with Crippen LogP contribution in [0.4, 0.5) is 0 Å².